The molecule has 0 saturated carbocycles. The summed E-state index contributed by atoms with van der Waals surface area (Å²) in [4.78, 5) is 13.0. The van der Waals surface area contributed by atoms with E-state index < -0.39 is 0 Å². The van der Waals surface area contributed by atoms with Crippen LogP contribution in [-0.2, 0) is 13.2 Å². The number of carbonyl (C=O) groups excluding carboxylic acids is 1. The van der Waals surface area contributed by atoms with Crippen molar-refractivity contribution in [3.8, 4) is 5.75 Å². The standard InChI is InChI=1S/C26H23BrClN3O2/c1-17-25(18(2)31(30-17)15-21-8-3-4-12-24(21)28)29-26(32)20-9-5-7-19(13-20)16-33-23-11-6-10-22(27)14-23/h3-14H,15-16H2,1-2H3,(H,29,32). The molecule has 1 amide bonds. The van der Waals surface area contributed by atoms with Crippen LogP contribution < -0.4 is 10.1 Å². The second-order valence-corrected chi connectivity index (χ2v) is 9.02. The predicted octanol–water partition coefficient (Wildman–Crippen LogP) is 6.80. The van der Waals surface area contributed by atoms with Crippen molar-refractivity contribution in [1.29, 1.82) is 0 Å². The summed E-state index contributed by atoms with van der Waals surface area (Å²) < 4.78 is 8.66. The summed E-state index contributed by atoms with van der Waals surface area (Å²) in [5.74, 6) is 0.569. The number of benzene rings is 3. The van der Waals surface area contributed by atoms with E-state index in [1.165, 1.54) is 0 Å². The quantitative estimate of drug-likeness (QED) is 0.289. The van der Waals surface area contributed by atoms with Crippen LogP contribution in [-0.4, -0.2) is 15.7 Å². The maximum atomic E-state index is 13.0. The molecular weight excluding hydrogens is 502 g/mol. The molecule has 7 heteroatoms. The molecule has 0 aliphatic rings. The van der Waals surface area contributed by atoms with E-state index in [2.05, 4.69) is 26.3 Å². The second-order valence-electron chi connectivity index (χ2n) is 7.70. The number of anilines is 1. The maximum absolute atomic E-state index is 13.0. The number of amides is 1. The molecule has 4 aromatic rings. The average Bonchev–Trinajstić information content (AvgIpc) is 3.07. The molecule has 1 aromatic heterocycles. The van der Waals surface area contributed by atoms with Gasteiger partial charge in [0.05, 0.1) is 23.6 Å². The van der Waals surface area contributed by atoms with E-state index in [1.54, 1.807) is 6.07 Å². The van der Waals surface area contributed by atoms with Gasteiger partial charge in [0.25, 0.3) is 5.91 Å². The van der Waals surface area contributed by atoms with Gasteiger partial charge in [0.2, 0.25) is 0 Å². The number of aromatic nitrogens is 2. The summed E-state index contributed by atoms with van der Waals surface area (Å²) in [5.41, 5.74) is 4.77. The first-order valence-corrected chi connectivity index (χ1v) is 11.6. The molecule has 1 heterocycles. The van der Waals surface area contributed by atoms with Crippen LogP contribution in [0.25, 0.3) is 0 Å². The van der Waals surface area contributed by atoms with E-state index in [-0.39, 0.29) is 5.91 Å². The van der Waals surface area contributed by atoms with E-state index in [1.807, 2.05) is 85.3 Å². The molecule has 0 atom stereocenters. The zero-order valence-electron chi connectivity index (χ0n) is 18.3. The van der Waals surface area contributed by atoms with Crippen LogP contribution in [0.3, 0.4) is 0 Å². The largest absolute Gasteiger partial charge is 0.489 e. The zero-order valence-corrected chi connectivity index (χ0v) is 20.7. The molecule has 0 bridgehead atoms. The van der Waals surface area contributed by atoms with Gasteiger partial charge in [-0.25, -0.2) is 0 Å². The fourth-order valence-electron chi connectivity index (χ4n) is 3.53. The normalized spacial score (nSPS) is 10.8. The van der Waals surface area contributed by atoms with Gasteiger partial charge in [-0.3, -0.25) is 9.48 Å². The molecule has 0 aliphatic carbocycles. The third-order valence-corrected chi connectivity index (χ3v) is 6.15. The minimum Gasteiger partial charge on any atom is -0.489 e. The zero-order chi connectivity index (χ0) is 23.4. The van der Waals surface area contributed by atoms with Crippen LogP contribution in [0.2, 0.25) is 5.02 Å². The Labute approximate surface area is 206 Å². The lowest BCUT2D eigenvalue weighted by molar-refractivity contribution is 0.102. The van der Waals surface area contributed by atoms with Gasteiger partial charge in [0.1, 0.15) is 12.4 Å². The van der Waals surface area contributed by atoms with Gasteiger partial charge in [-0.1, -0.05) is 63.9 Å². The number of nitrogens with one attached hydrogen (secondary N) is 1. The molecular formula is C26H23BrClN3O2. The van der Waals surface area contributed by atoms with Gasteiger partial charge in [-0.2, -0.15) is 5.10 Å². The van der Waals surface area contributed by atoms with Gasteiger partial charge < -0.3 is 10.1 Å². The van der Waals surface area contributed by atoms with Crippen LogP contribution >= 0.6 is 27.5 Å². The third-order valence-electron chi connectivity index (χ3n) is 5.29. The molecule has 33 heavy (non-hydrogen) atoms. The first kappa shape index (κ1) is 23.1. The first-order chi connectivity index (χ1) is 15.9. The van der Waals surface area contributed by atoms with Crippen molar-refractivity contribution in [2.24, 2.45) is 0 Å². The fraction of sp³-hybridized carbons (Fsp3) is 0.154. The number of hydrogen-bond donors (Lipinski definition) is 1. The van der Waals surface area contributed by atoms with Crippen molar-refractivity contribution in [2.75, 3.05) is 5.32 Å². The summed E-state index contributed by atoms with van der Waals surface area (Å²) in [6, 6.07) is 22.8. The Morgan fingerprint density at radius 2 is 1.85 bits per heavy atom. The van der Waals surface area contributed by atoms with Gasteiger partial charge in [0, 0.05) is 15.1 Å². The molecule has 4 rings (SSSR count). The Morgan fingerprint density at radius 3 is 2.64 bits per heavy atom. The fourth-order valence-corrected chi connectivity index (χ4v) is 4.10. The van der Waals surface area contributed by atoms with Crippen molar-refractivity contribution >= 4 is 39.1 Å². The lowest BCUT2D eigenvalue weighted by atomic mass is 10.1. The van der Waals surface area contributed by atoms with Gasteiger partial charge >= 0.3 is 0 Å². The minimum absolute atomic E-state index is 0.192. The van der Waals surface area contributed by atoms with E-state index in [9.17, 15) is 4.79 Å². The van der Waals surface area contributed by atoms with Crippen molar-refractivity contribution in [3.63, 3.8) is 0 Å². The Balaban J connectivity index is 1.46. The number of carbonyl (C=O) groups is 1. The molecule has 1 N–H and O–H groups in total. The van der Waals surface area contributed by atoms with Gasteiger partial charge in [0.15, 0.2) is 0 Å². The topological polar surface area (TPSA) is 56.2 Å². The monoisotopic (exact) mass is 523 g/mol. The van der Waals surface area contributed by atoms with Crippen molar-refractivity contribution in [1.82, 2.24) is 9.78 Å². The summed E-state index contributed by atoms with van der Waals surface area (Å²) in [6.45, 7) is 4.72. The van der Waals surface area contributed by atoms with E-state index in [4.69, 9.17) is 16.3 Å². The van der Waals surface area contributed by atoms with E-state index in [0.717, 1.165) is 32.7 Å². The Bertz CT molecular complexity index is 1300. The number of aryl methyl sites for hydroxylation is 1. The highest BCUT2D eigenvalue weighted by atomic mass is 79.9. The number of rotatable bonds is 7. The van der Waals surface area contributed by atoms with E-state index >= 15 is 0 Å². The molecule has 0 spiro atoms. The Morgan fingerprint density at radius 1 is 1.06 bits per heavy atom. The number of halogens is 2. The molecule has 3 aromatic carbocycles. The first-order valence-electron chi connectivity index (χ1n) is 10.5. The molecule has 0 radical (unpaired) electrons. The summed E-state index contributed by atoms with van der Waals surface area (Å²) in [5, 5.41) is 8.31. The van der Waals surface area contributed by atoms with Crippen LogP contribution in [0.4, 0.5) is 5.69 Å². The molecule has 5 nitrogen and oxygen atoms in total. The SMILES string of the molecule is Cc1nn(Cc2ccccc2Cl)c(C)c1NC(=O)c1cccc(COc2cccc(Br)c2)c1. The van der Waals surface area contributed by atoms with Crippen molar-refractivity contribution in [2.45, 2.75) is 27.0 Å². The van der Waals surface area contributed by atoms with Gasteiger partial charge in [-0.05, 0) is 61.4 Å². The third kappa shape index (κ3) is 5.64. The molecule has 168 valence electrons. The number of nitrogens with zero attached hydrogens (tertiary/aromatic N) is 2. The summed E-state index contributed by atoms with van der Waals surface area (Å²) in [7, 11) is 0. The van der Waals surface area contributed by atoms with Crippen LogP contribution in [0.5, 0.6) is 5.75 Å². The average molecular weight is 525 g/mol. The second kappa shape index (κ2) is 10.2. The summed E-state index contributed by atoms with van der Waals surface area (Å²) >= 11 is 9.74. The maximum Gasteiger partial charge on any atom is 0.255 e. The lowest BCUT2D eigenvalue weighted by Gasteiger charge is -2.10. The summed E-state index contributed by atoms with van der Waals surface area (Å²) in [6.07, 6.45) is 0. The van der Waals surface area contributed by atoms with Crippen molar-refractivity contribution < 1.29 is 9.53 Å². The van der Waals surface area contributed by atoms with E-state index in [0.29, 0.717) is 29.4 Å². The van der Waals surface area contributed by atoms with Gasteiger partial charge in [-0.15, -0.1) is 0 Å². The smallest absolute Gasteiger partial charge is 0.255 e. The molecule has 0 aliphatic heterocycles. The molecule has 0 unspecified atom stereocenters. The predicted molar refractivity (Wildman–Crippen MR) is 135 cm³/mol. The highest BCUT2D eigenvalue weighted by Gasteiger charge is 2.16. The van der Waals surface area contributed by atoms with Crippen LogP contribution in [0, 0.1) is 13.8 Å². The van der Waals surface area contributed by atoms with Crippen molar-refractivity contribution in [3.05, 3.63) is 110 Å². The highest BCUT2D eigenvalue weighted by molar-refractivity contribution is 9.10. The highest BCUT2D eigenvalue weighted by Crippen LogP contribution is 2.24. The minimum atomic E-state index is -0.192. The van der Waals surface area contributed by atoms with Crippen LogP contribution in [0.1, 0.15) is 32.9 Å². The Hall–Kier alpha value is -3.09. The molecule has 0 saturated heterocycles. The molecule has 0 fully saturated rings. The number of hydrogen-bond acceptors (Lipinski definition) is 3. The number of ether oxygens (including phenoxy) is 1. The Kier molecular flexibility index (Phi) is 7.16. The lowest BCUT2D eigenvalue weighted by Crippen LogP contribution is -2.14. The van der Waals surface area contributed by atoms with Crippen LogP contribution in [0.15, 0.2) is 77.3 Å².